The lowest BCUT2D eigenvalue weighted by Gasteiger charge is -2.29. The van der Waals surface area contributed by atoms with Crippen LogP contribution in [0.3, 0.4) is 0 Å². The molecule has 0 unspecified atom stereocenters. The highest BCUT2D eigenvalue weighted by atomic mass is 35.5. The molecule has 2 fully saturated rings. The average molecular weight is 1100 g/mol. The van der Waals surface area contributed by atoms with E-state index < -0.39 is 23.5 Å². The zero-order valence-electron chi connectivity index (χ0n) is 41.4. The first-order chi connectivity index (χ1) is 37.2. The van der Waals surface area contributed by atoms with E-state index in [4.69, 9.17) is 36.3 Å². The Hall–Kier alpha value is -8.47. The van der Waals surface area contributed by atoms with Crippen molar-refractivity contribution in [1.82, 2.24) is 29.9 Å². The monoisotopic (exact) mass is 1100 g/mol. The molecule has 0 bridgehead atoms. The average Bonchev–Trinajstić information content (AvgIpc) is 3.45. The Kier molecular flexibility index (Phi) is 19.5. The van der Waals surface area contributed by atoms with Crippen molar-refractivity contribution < 1.29 is 45.3 Å². The molecule has 408 valence electrons. The first kappa shape index (κ1) is 57.2. The van der Waals surface area contributed by atoms with Crippen molar-refractivity contribution in [1.29, 1.82) is 0 Å². The molecule has 10 rings (SSSR count). The number of alkyl halides is 6. The summed E-state index contributed by atoms with van der Waals surface area (Å²) >= 11 is 5.75. The minimum absolute atomic E-state index is 0. The largest absolute Gasteiger partial charge is 0.495 e. The SMILES string of the molecule is C.COc1cc(N2CCOCC2)ccc1N.COc1cc(N2CCOCC2)ccc1Nc1cc(Nc2ccccc2-c2ncccn2)c(C(F)(F)F)cn1.FC(F)(F)c1cnc(Cl)cc1Nc1ccccc1-c1ncccn1. The second-order valence-corrected chi connectivity index (χ2v) is 17.2. The highest BCUT2D eigenvalue weighted by molar-refractivity contribution is 6.29. The molecule has 2 aliphatic rings. The number of ether oxygens (including phenoxy) is 4. The standard InChI is InChI=1S/C27H25F3N6O2.C16H10ClF3N4.C11H16N2O2.CH4/c1-37-24-15-18(36-11-13-38-14-12-36)7-8-22(24)35-25-16-23(20(17-33-25)27(28,29)30)34-21-6-3-2-5-19(21)26-31-9-4-10-32-26;17-14-8-13(11(9-23-14)16(18,19)20)24-12-5-2-1-4-10(12)15-21-6-3-7-22-15;1-14-11-8-9(2-3-10(11)12)13-4-6-15-7-5-13;/h2-10,15-17H,11-14H2,1H3,(H2,33,34,35);1-9H,(H,23,24);2-3,8H,4-7,12H2,1H3;1H4. The van der Waals surface area contributed by atoms with Crippen molar-refractivity contribution in [3.8, 4) is 34.3 Å². The molecular formula is C55H55ClF6N12O4. The number of benzene rings is 4. The van der Waals surface area contributed by atoms with Gasteiger partial charge in [-0.25, -0.2) is 29.9 Å². The number of pyridine rings is 2. The molecule has 0 saturated carbocycles. The summed E-state index contributed by atoms with van der Waals surface area (Å²) < 4.78 is 103. The number of nitrogens with zero attached hydrogens (tertiary/aromatic N) is 8. The highest BCUT2D eigenvalue weighted by Gasteiger charge is 2.36. The van der Waals surface area contributed by atoms with Crippen molar-refractivity contribution in [3.63, 3.8) is 0 Å². The fourth-order valence-corrected chi connectivity index (χ4v) is 8.17. The number of methoxy groups -OCH3 is 2. The predicted octanol–water partition coefficient (Wildman–Crippen LogP) is 12.6. The van der Waals surface area contributed by atoms with Crippen molar-refractivity contribution in [3.05, 3.63) is 163 Å². The van der Waals surface area contributed by atoms with Gasteiger partial charge in [-0.15, -0.1) is 0 Å². The summed E-state index contributed by atoms with van der Waals surface area (Å²) in [5, 5.41) is 8.74. The Bertz CT molecular complexity index is 3210. The molecule has 16 nitrogen and oxygen atoms in total. The molecule has 6 heterocycles. The van der Waals surface area contributed by atoms with Crippen LogP contribution in [0.1, 0.15) is 18.6 Å². The molecular weight excluding hydrogens is 1040 g/mol. The van der Waals surface area contributed by atoms with Crippen molar-refractivity contribution >= 4 is 62.9 Å². The van der Waals surface area contributed by atoms with E-state index in [1.54, 1.807) is 99.7 Å². The van der Waals surface area contributed by atoms with Gasteiger partial charge in [0.1, 0.15) is 22.5 Å². The lowest BCUT2D eigenvalue weighted by atomic mass is 10.1. The minimum Gasteiger partial charge on any atom is -0.495 e. The van der Waals surface area contributed by atoms with Gasteiger partial charge in [0.2, 0.25) is 0 Å². The summed E-state index contributed by atoms with van der Waals surface area (Å²) in [7, 11) is 3.17. The molecule has 4 aromatic carbocycles. The Balaban J connectivity index is 0.000000187. The summed E-state index contributed by atoms with van der Waals surface area (Å²) in [6, 6.07) is 31.0. The number of morpholine rings is 2. The number of rotatable bonds is 12. The van der Waals surface area contributed by atoms with E-state index in [1.165, 1.54) is 6.07 Å². The molecule has 5 N–H and O–H groups in total. The number of aromatic nitrogens is 6. The van der Waals surface area contributed by atoms with Gasteiger partial charge >= 0.3 is 12.4 Å². The highest BCUT2D eigenvalue weighted by Crippen LogP contribution is 2.41. The molecule has 0 spiro atoms. The van der Waals surface area contributed by atoms with Gasteiger partial charge < -0.3 is 50.4 Å². The molecule has 8 aromatic rings. The van der Waals surface area contributed by atoms with Crippen LogP contribution in [0.4, 0.5) is 77.7 Å². The van der Waals surface area contributed by atoms with E-state index >= 15 is 0 Å². The van der Waals surface area contributed by atoms with E-state index in [0.717, 1.165) is 68.8 Å². The van der Waals surface area contributed by atoms with Gasteiger partial charge in [0.05, 0.1) is 74.5 Å². The van der Waals surface area contributed by atoms with Crippen LogP contribution in [-0.4, -0.2) is 96.7 Å². The van der Waals surface area contributed by atoms with E-state index in [9.17, 15) is 26.3 Å². The Morgan fingerprint density at radius 1 is 0.513 bits per heavy atom. The Labute approximate surface area is 451 Å². The third-order valence-electron chi connectivity index (χ3n) is 11.8. The maximum absolute atomic E-state index is 13.9. The van der Waals surface area contributed by atoms with Crippen LogP contribution >= 0.6 is 11.6 Å². The number of nitrogens with two attached hydrogens (primary N) is 1. The fourth-order valence-electron chi connectivity index (χ4n) is 8.01. The van der Waals surface area contributed by atoms with E-state index in [-0.39, 0.29) is 29.8 Å². The third kappa shape index (κ3) is 14.9. The number of anilines is 9. The molecule has 0 radical (unpaired) electrons. The second-order valence-electron chi connectivity index (χ2n) is 16.8. The molecule has 0 amide bonds. The number of nitrogens with one attached hydrogen (secondary N) is 3. The summed E-state index contributed by atoms with van der Waals surface area (Å²) in [5.74, 6) is 2.28. The van der Waals surface area contributed by atoms with Gasteiger partial charge in [0, 0.05) is 115 Å². The van der Waals surface area contributed by atoms with Crippen LogP contribution in [0.15, 0.2) is 146 Å². The van der Waals surface area contributed by atoms with Crippen LogP contribution in [0.25, 0.3) is 22.8 Å². The number of nitrogen functional groups attached to an aromatic ring is 1. The maximum Gasteiger partial charge on any atom is 0.419 e. The number of hydrogen-bond donors (Lipinski definition) is 4. The summed E-state index contributed by atoms with van der Waals surface area (Å²) in [5.41, 5.74) is 8.94. The van der Waals surface area contributed by atoms with Crippen molar-refractivity contribution in [2.75, 3.05) is 98.3 Å². The van der Waals surface area contributed by atoms with Crippen LogP contribution in [0.5, 0.6) is 11.5 Å². The smallest absolute Gasteiger partial charge is 0.419 e. The van der Waals surface area contributed by atoms with Crippen LogP contribution in [0, 0.1) is 0 Å². The Morgan fingerprint density at radius 3 is 1.45 bits per heavy atom. The van der Waals surface area contributed by atoms with Gasteiger partial charge in [-0.1, -0.05) is 43.3 Å². The summed E-state index contributed by atoms with van der Waals surface area (Å²) in [6.45, 7) is 6.24. The first-order valence-corrected chi connectivity index (χ1v) is 24.2. The van der Waals surface area contributed by atoms with Gasteiger partial charge in [-0.3, -0.25) is 0 Å². The van der Waals surface area contributed by atoms with Gasteiger partial charge in [0.25, 0.3) is 0 Å². The molecule has 2 saturated heterocycles. The minimum atomic E-state index is -4.62. The summed E-state index contributed by atoms with van der Waals surface area (Å²) in [4.78, 5) is 28.7. The van der Waals surface area contributed by atoms with Crippen LogP contribution in [0.2, 0.25) is 5.15 Å². The lowest BCUT2D eigenvalue weighted by Crippen LogP contribution is -2.36. The van der Waals surface area contributed by atoms with Crippen LogP contribution < -0.4 is 41.0 Å². The fraction of sp³-hybridized carbons (Fsp3) is 0.236. The zero-order chi connectivity index (χ0) is 54.4. The first-order valence-electron chi connectivity index (χ1n) is 23.8. The maximum atomic E-state index is 13.9. The van der Waals surface area contributed by atoms with E-state index in [1.807, 2.05) is 36.4 Å². The molecule has 78 heavy (non-hydrogen) atoms. The summed E-state index contributed by atoms with van der Waals surface area (Å²) in [6.07, 6.45) is -1.40. The molecule has 4 aromatic heterocycles. The number of halogens is 7. The lowest BCUT2D eigenvalue weighted by molar-refractivity contribution is -0.138. The quantitative estimate of drug-likeness (QED) is 0.0514. The van der Waals surface area contributed by atoms with Crippen molar-refractivity contribution in [2.24, 2.45) is 0 Å². The van der Waals surface area contributed by atoms with Crippen LogP contribution in [-0.2, 0) is 21.8 Å². The molecule has 0 aliphatic carbocycles. The number of hydrogen-bond acceptors (Lipinski definition) is 16. The van der Waals surface area contributed by atoms with E-state index in [2.05, 4.69) is 55.7 Å². The molecule has 0 atom stereocenters. The van der Waals surface area contributed by atoms with Gasteiger partial charge in [-0.2, -0.15) is 26.3 Å². The topological polar surface area (TPSA) is 183 Å². The molecule has 2 aliphatic heterocycles. The second kappa shape index (κ2) is 26.5. The third-order valence-corrected chi connectivity index (χ3v) is 12.0. The Morgan fingerprint density at radius 2 is 0.962 bits per heavy atom. The number of para-hydroxylation sites is 2. The van der Waals surface area contributed by atoms with Gasteiger partial charge in [0.15, 0.2) is 11.6 Å². The van der Waals surface area contributed by atoms with E-state index in [0.29, 0.717) is 70.7 Å². The van der Waals surface area contributed by atoms with Crippen molar-refractivity contribution in [2.45, 2.75) is 19.8 Å². The van der Waals surface area contributed by atoms with Gasteiger partial charge in [-0.05, 0) is 66.7 Å². The zero-order valence-corrected chi connectivity index (χ0v) is 42.2. The normalized spacial score (nSPS) is 13.3. The molecule has 23 heteroatoms. The predicted molar refractivity (Wildman–Crippen MR) is 291 cm³/mol.